The van der Waals surface area contributed by atoms with Crippen LogP contribution in [0.15, 0.2) is 48.5 Å². The monoisotopic (exact) mass is 345 g/mol. The summed E-state index contributed by atoms with van der Waals surface area (Å²) in [7, 11) is 4.77. The van der Waals surface area contributed by atoms with Gasteiger partial charge in [-0.05, 0) is 18.2 Å². The zero-order chi connectivity index (χ0) is 18.1. The van der Waals surface area contributed by atoms with Gasteiger partial charge < -0.3 is 24.3 Å². The molecule has 0 fully saturated rings. The molecule has 1 atom stereocenters. The van der Waals surface area contributed by atoms with E-state index in [2.05, 4.69) is 5.32 Å². The molecule has 0 bridgehead atoms. The van der Waals surface area contributed by atoms with E-state index in [0.29, 0.717) is 18.0 Å². The maximum atomic E-state index is 12.0. The van der Waals surface area contributed by atoms with Crippen molar-refractivity contribution in [1.82, 2.24) is 5.32 Å². The zero-order valence-electron chi connectivity index (χ0n) is 14.7. The SMILES string of the molecule is COc1cccc(OCC(=O)NCC(OC)c2ccccc2OC)c1. The van der Waals surface area contributed by atoms with Gasteiger partial charge in [0.05, 0.1) is 14.2 Å². The van der Waals surface area contributed by atoms with Gasteiger partial charge in [0.25, 0.3) is 5.91 Å². The molecule has 0 saturated carbocycles. The molecule has 1 unspecified atom stereocenters. The maximum Gasteiger partial charge on any atom is 0.258 e. The van der Waals surface area contributed by atoms with E-state index in [-0.39, 0.29) is 18.6 Å². The van der Waals surface area contributed by atoms with Crippen LogP contribution < -0.4 is 19.5 Å². The van der Waals surface area contributed by atoms with Crippen molar-refractivity contribution >= 4 is 5.91 Å². The fourth-order valence-corrected chi connectivity index (χ4v) is 2.35. The first-order chi connectivity index (χ1) is 12.2. The predicted octanol–water partition coefficient (Wildman–Crippen LogP) is 2.59. The summed E-state index contributed by atoms with van der Waals surface area (Å²) < 4.78 is 21.4. The molecule has 0 spiro atoms. The van der Waals surface area contributed by atoms with Gasteiger partial charge in [0.15, 0.2) is 6.61 Å². The summed E-state index contributed by atoms with van der Waals surface area (Å²) in [6, 6.07) is 14.6. The molecule has 2 aromatic carbocycles. The van der Waals surface area contributed by atoms with Crippen LogP contribution in [0.4, 0.5) is 0 Å². The van der Waals surface area contributed by atoms with Crippen LogP contribution in [-0.4, -0.2) is 40.4 Å². The van der Waals surface area contributed by atoms with Gasteiger partial charge in [-0.25, -0.2) is 0 Å². The first kappa shape index (κ1) is 18.6. The van der Waals surface area contributed by atoms with Crippen LogP contribution in [0.1, 0.15) is 11.7 Å². The van der Waals surface area contributed by atoms with E-state index >= 15 is 0 Å². The highest BCUT2D eigenvalue weighted by Crippen LogP contribution is 2.26. The second-order valence-corrected chi connectivity index (χ2v) is 5.24. The van der Waals surface area contributed by atoms with Gasteiger partial charge in [-0.1, -0.05) is 24.3 Å². The standard InChI is InChI=1S/C19H23NO5/c1-22-14-7-6-8-15(11-14)25-13-19(21)20-12-18(24-3)16-9-4-5-10-17(16)23-2/h4-11,18H,12-13H2,1-3H3,(H,20,21). The van der Waals surface area contributed by atoms with Gasteiger partial charge in [0, 0.05) is 25.3 Å². The second-order valence-electron chi connectivity index (χ2n) is 5.24. The number of carbonyl (C=O) groups is 1. The van der Waals surface area contributed by atoms with Crippen molar-refractivity contribution in [3.63, 3.8) is 0 Å². The van der Waals surface area contributed by atoms with E-state index in [0.717, 1.165) is 11.3 Å². The number of rotatable bonds is 9. The Labute approximate surface area is 147 Å². The molecule has 0 aliphatic carbocycles. The van der Waals surface area contributed by atoms with E-state index in [9.17, 15) is 4.79 Å². The van der Waals surface area contributed by atoms with Gasteiger partial charge in [-0.15, -0.1) is 0 Å². The summed E-state index contributed by atoms with van der Waals surface area (Å²) in [5.74, 6) is 1.73. The molecule has 134 valence electrons. The minimum Gasteiger partial charge on any atom is -0.497 e. The third kappa shape index (κ3) is 5.39. The Morgan fingerprint density at radius 3 is 2.48 bits per heavy atom. The van der Waals surface area contributed by atoms with Crippen LogP contribution in [0.3, 0.4) is 0 Å². The molecular formula is C19H23NO5. The zero-order valence-corrected chi connectivity index (χ0v) is 14.7. The number of hydrogen-bond acceptors (Lipinski definition) is 5. The molecule has 6 nitrogen and oxygen atoms in total. The first-order valence-corrected chi connectivity index (χ1v) is 7.87. The molecule has 0 aliphatic rings. The largest absolute Gasteiger partial charge is 0.497 e. The third-order valence-electron chi connectivity index (χ3n) is 3.67. The Hall–Kier alpha value is -2.73. The van der Waals surface area contributed by atoms with Crippen molar-refractivity contribution in [2.24, 2.45) is 0 Å². The van der Waals surface area contributed by atoms with E-state index in [1.807, 2.05) is 30.3 Å². The van der Waals surface area contributed by atoms with Crippen molar-refractivity contribution in [3.8, 4) is 17.2 Å². The molecule has 0 aromatic heterocycles. The number of carbonyl (C=O) groups excluding carboxylic acids is 1. The lowest BCUT2D eigenvalue weighted by molar-refractivity contribution is -0.123. The molecule has 2 aromatic rings. The van der Waals surface area contributed by atoms with Gasteiger partial charge in [-0.3, -0.25) is 4.79 Å². The summed E-state index contributed by atoms with van der Waals surface area (Å²) in [4.78, 5) is 12.0. The minimum atomic E-state index is -0.308. The van der Waals surface area contributed by atoms with Crippen molar-refractivity contribution in [2.75, 3.05) is 34.5 Å². The molecule has 0 radical (unpaired) electrons. The lowest BCUT2D eigenvalue weighted by Gasteiger charge is -2.19. The van der Waals surface area contributed by atoms with Crippen LogP contribution in [0, 0.1) is 0 Å². The average molecular weight is 345 g/mol. The Kier molecular flexibility index (Phi) is 7.10. The number of hydrogen-bond donors (Lipinski definition) is 1. The number of nitrogens with one attached hydrogen (secondary N) is 1. The molecule has 6 heteroatoms. The van der Waals surface area contributed by atoms with Crippen molar-refractivity contribution in [3.05, 3.63) is 54.1 Å². The van der Waals surface area contributed by atoms with Crippen LogP contribution in [0.5, 0.6) is 17.2 Å². The van der Waals surface area contributed by atoms with E-state index < -0.39 is 0 Å². The van der Waals surface area contributed by atoms with Gasteiger partial charge in [0.2, 0.25) is 0 Å². The van der Waals surface area contributed by atoms with Gasteiger partial charge in [-0.2, -0.15) is 0 Å². The van der Waals surface area contributed by atoms with Crippen LogP contribution in [0.25, 0.3) is 0 Å². The summed E-state index contributed by atoms with van der Waals surface area (Å²) in [6.45, 7) is 0.229. The predicted molar refractivity (Wildman–Crippen MR) is 94.2 cm³/mol. The number of benzene rings is 2. The summed E-state index contributed by atoms with van der Waals surface area (Å²) in [5, 5.41) is 2.81. The number of ether oxygens (including phenoxy) is 4. The molecule has 0 saturated heterocycles. The van der Waals surface area contributed by atoms with Gasteiger partial charge >= 0.3 is 0 Å². The molecule has 0 aliphatic heterocycles. The third-order valence-corrected chi connectivity index (χ3v) is 3.67. The molecule has 0 heterocycles. The van der Waals surface area contributed by atoms with Crippen molar-refractivity contribution in [1.29, 1.82) is 0 Å². The highest BCUT2D eigenvalue weighted by Gasteiger charge is 2.16. The first-order valence-electron chi connectivity index (χ1n) is 7.87. The Morgan fingerprint density at radius 2 is 1.76 bits per heavy atom. The van der Waals surface area contributed by atoms with Crippen LogP contribution in [-0.2, 0) is 9.53 Å². The van der Waals surface area contributed by atoms with E-state index in [1.165, 1.54) is 0 Å². The van der Waals surface area contributed by atoms with Crippen molar-refractivity contribution in [2.45, 2.75) is 6.10 Å². The van der Waals surface area contributed by atoms with Crippen molar-refractivity contribution < 1.29 is 23.7 Å². The quantitative estimate of drug-likeness (QED) is 0.757. The topological polar surface area (TPSA) is 66.0 Å². The lowest BCUT2D eigenvalue weighted by Crippen LogP contribution is -2.33. The summed E-state index contributed by atoms with van der Waals surface area (Å²) in [5.41, 5.74) is 0.876. The highest BCUT2D eigenvalue weighted by molar-refractivity contribution is 5.77. The van der Waals surface area contributed by atoms with E-state index in [4.69, 9.17) is 18.9 Å². The van der Waals surface area contributed by atoms with Crippen LogP contribution in [0.2, 0.25) is 0 Å². The lowest BCUT2D eigenvalue weighted by atomic mass is 10.1. The average Bonchev–Trinajstić information content (AvgIpc) is 2.67. The number of methoxy groups -OCH3 is 3. The summed E-state index contributed by atoms with van der Waals surface area (Å²) >= 11 is 0. The molecule has 2 rings (SSSR count). The minimum absolute atomic E-state index is 0.0878. The summed E-state index contributed by atoms with van der Waals surface area (Å²) in [6.07, 6.45) is -0.308. The Bertz CT molecular complexity index is 689. The molecule has 25 heavy (non-hydrogen) atoms. The normalized spacial score (nSPS) is 11.5. The fourth-order valence-electron chi connectivity index (χ4n) is 2.35. The number of amides is 1. The van der Waals surface area contributed by atoms with Gasteiger partial charge in [0.1, 0.15) is 23.4 Å². The molecular weight excluding hydrogens is 322 g/mol. The second kappa shape index (κ2) is 9.54. The maximum absolute atomic E-state index is 12.0. The Balaban J connectivity index is 1.87. The molecule has 1 N–H and O–H groups in total. The Morgan fingerprint density at radius 1 is 1.00 bits per heavy atom. The van der Waals surface area contributed by atoms with E-state index in [1.54, 1.807) is 39.5 Å². The fraction of sp³-hybridized carbons (Fsp3) is 0.316. The van der Waals surface area contributed by atoms with Crippen LogP contribution >= 0.6 is 0 Å². The highest BCUT2D eigenvalue weighted by atomic mass is 16.5. The molecule has 1 amide bonds. The number of para-hydroxylation sites is 1. The smallest absolute Gasteiger partial charge is 0.258 e.